The molecule has 23 heavy (non-hydrogen) atoms. The van der Waals surface area contributed by atoms with Crippen molar-refractivity contribution in [2.45, 2.75) is 30.8 Å². The SMILES string of the molecule is Cc1nccn1CCNC(=O)C1Cc2ccccc2S(=O)(=O)N1. The first kappa shape index (κ1) is 15.7. The van der Waals surface area contributed by atoms with Crippen LogP contribution >= 0.6 is 0 Å². The molecule has 0 fully saturated rings. The van der Waals surface area contributed by atoms with Gasteiger partial charge in [0.15, 0.2) is 0 Å². The molecule has 7 nitrogen and oxygen atoms in total. The number of fused-ring (bicyclic) bond motifs is 1. The third kappa shape index (κ3) is 3.27. The minimum Gasteiger partial charge on any atom is -0.353 e. The standard InChI is InChI=1S/C15H18N4O3S/c1-11-16-6-8-19(11)9-7-17-15(20)13-10-12-4-2-3-5-14(12)23(21,22)18-13/h2-6,8,13,18H,7,9-10H2,1H3,(H,17,20). The fourth-order valence-corrected chi connectivity index (χ4v) is 4.10. The van der Waals surface area contributed by atoms with Gasteiger partial charge >= 0.3 is 0 Å². The predicted molar refractivity (Wildman–Crippen MR) is 84.2 cm³/mol. The number of hydrogen-bond acceptors (Lipinski definition) is 4. The van der Waals surface area contributed by atoms with Crippen molar-refractivity contribution < 1.29 is 13.2 Å². The van der Waals surface area contributed by atoms with Crippen molar-refractivity contribution in [1.29, 1.82) is 0 Å². The largest absolute Gasteiger partial charge is 0.353 e. The van der Waals surface area contributed by atoms with E-state index in [1.54, 1.807) is 30.5 Å². The number of nitrogens with zero attached hydrogens (tertiary/aromatic N) is 2. The molecule has 122 valence electrons. The van der Waals surface area contributed by atoms with Crippen LogP contribution in [0.4, 0.5) is 0 Å². The summed E-state index contributed by atoms with van der Waals surface area (Å²) in [6.45, 7) is 2.89. The van der Waals surface area contributed by atoms with Crippen LogP contribution in [0, 0.1) is 6.92 Å². The van der Waals surface area contributed by atoms with Crippen molar-refractivity contribution in [3.63, 3.8) is 0 Å². The Morgan fingerprint density at radius 1 is 1.43 bits per heavy atom. The summed E-state index contributed by atoms with van der Waals surface area (Å²) < 4.78 is 28.7. The van der Waals surface area contributed by atoms with Crippen LogP contribution in [0.3, 0.4) is 0 Å². The van der Waals surface area contributed by atoms with Gasteiger partial charge in [0, 0.05) is 25.5 Å². The Hall–Kier alpha value is -2.19. The summed E-state index contributed by atoms with van der Waals surface area (Å²) in [5.74, 6) is 0.549. The Balaban J connectivity index is 1.64. The predicted octanol–water partition coefficient (Wildman–Crippen LogP) is 0.211. The highest BCUT2D eigenvalue weighted by atomic mass is 32.2. The first-order valence-electron chi connectivity index (χ1n) is 7.33. The molecule has 1 amide bonds. The molecular weight excluding hydrogens is 316 g/mol. The Kier molecular flexibility index (Phi) is 4.18. The molecule has 0 saturated heterocycles. The van der Waals surface area contributed by atoms with Crippen LogP contribution in [0.1, 0.15) is 11.4 Å². The molecule has 0 radical (unpaired) electrons. The Bertz CT molecular complexity index is 829. The zero-order valence-corrected chi connectivity index (χ0v) is 13.5. The van der Waals surface area contributed by atoms with E-state index in [4.69, 9.17) is 0 Å². The van der Waals surface area contributed by atoms with Gasteiger partial charge in [-0.2, -0.15) is 4.72 Å². The van der Waals surface area contributed by atoms with E-state index >= 15 is 0 Å². The smallest absolute Gasteiger partial charge is 0.241 e. The van der Waals surface area contributed by atoms with Gasteiger partial charge in [-0.1, -0.05) is 18.2 Å². The van der Waals surface area contributed by atoms with Crippen LogP contribution in [0.2, 0.25) is 0 Å². The third-order valence-electron chi connectivity index (χ3n) is 3.88. The lowest BCUT2D eigenvalue weighted by atomic mass is 10.1. The van der Waals surface area contributed by atoms with E-state index in [-0.39, 0.29) is 10.8 Å². The summed E-state index contributed by atoms with van der Waals surface area (Å²) in [6, 6.07) is 5.96. The van der Waals surface area contributed by atoms with Crippen LogP contribution in [-0.4, -0.2) is 36.5 Å². The zero-order chi connectivity index (χ0) is 16.4. The first-order valence-corrected chi connectivity index (χ1v) is 8.81. The van der Waals surface area contributed by atoms with Crippen molar-refractivity contribution in [3.05, 3.63) is 48.0 Å². The molecule has 0 saturated carbocycles. The quantitative estimate of drug-likeness (QED) is 0.836. The van der Waals surface area contributed by atoms with Crippen LogP contribution in [0.25, 0.3) is 0 Å². The van der Waals surface area contributed by atoms with Crippen molar-refractivity contribution in [2.24, 2.45) is 0 Å². The summed E-state index contributed by atoms with van der Waals surface area (Å²) in [5, 5.41) is 2.77. The summed E-state index contributed by atoms with van der Waals surface area (Å²) >= 11 is 0. The van der Waals surface area contributed by atoms with Gasteiger partial charge in [-0.05, 0) is 25.0 Å². The number of carbonyl (C=O) groups excluding carboxylic acids is 1. The maximum atomic E-state index is 12.2. The first-order chi connectivity index (χ1) is 11.0. The number of rotatable bonds is 4. The lowest BCUT2D eigenvalue weighted by Gasteiger charge is -2.25. The van der Waals surface area contributed by atoms with Gasteiger partial charge in [0.1, 0.15) is 11.9 Å². The molecule has 2 heterocycles. The normalized spacial score (nSPS) is 19.1. The minimum atomic E-state index is -3.64. The topological polar surface area (TPSA) is 93.1 Å². The van der Waals surface area contributed by atoms with Crippen LogP contribution in [0.15, 0.2) is 41.6 Å². The van der Waals surface area contributed by atoms with Gasteiger partial charge in [0.05, 0.1) is 4.90 Å². The number of hydrogen-bond donors (Lipinski definition) is 2. The van der Waals surface area contributed by atoms with Gasteiger partial charge in [-0.15, -0.1) is 0 Å². The number of amides is 1. The number of aryl methyl sites for hydroxylation is 1. The van der Waals surface area contributed by atoms with E-state index in [1.807, 2.05) is 17.7 Å². The molecule has 2 aromatic rings. The second-order valence-electron chi connectivity index (χ2n) is 5.44. The summed E-state index contributed by atoms with van der Waals surface area (Å²) in [4.78, 5) is 16.6. The van der Waals surface area contributed by atoms with E-state index in [0.29, 0.717) is 25.1 Å². The summed E-state index contributed by atoms with van der Waals surface area (Å²) in [7, 11) is -3.64. The highest BCUT2D eigenvalue weighted by Crippen LogP contribution is 2.22. The van der Waals surface area contributed by atoms with Crippen molar-refractivity contribution in [3.8, 4) is 0 Å². The third-order valence-corrected chi connectivity index (χ3v) is 5.45. The number of benzene rings is 1. The lowest BCUT2D eigenvalue weighted by molar-refractivity contribution is -0.122. The number of sulfonamides is 1. The molecule has 1 aliphatic rings. The molecule has 1 aromatic heterocycles. The van der Waals surface area contributed by atoms with E-state index in [2.05, 4.69) is 15.0 Å². The maximum Gasteiger partial charge on any atom is 0.241 e. The fourth-order valence-electron chi connectivity index (χ4n) is 2.66. The van der Waals surface area contributed by atoms with Crippen LogP contribution < -0.4 is 10.0 Å². The average molecular weight is 334 g/mol. The van der Waals surface area contributed by atoms with Gasteiger partial charge in [-0.25, -0.2) is 13.4 Å². The zero-order valence-electron chi connectivity index (χ0n) is 12.7. The number of imidazole rings is 1. The number of carbonyl (C=O) groups is 1. The molecule has 1 aromatic carbocycles. The van der Waals surface area contributed by atoms with Crippen molar-refractivity contribution in [1.82, 2.24) is 19.6 Å². The van der Waals surface area contributed by atoms with E-state index in [1.165, 1.54) is 0 Å². The molecule has 3 rings (SSSR count). The van der Waals surface area contributed by atoms with Crippen molar-refractivity contribution >= 4 is 15.9 Å². The molecule has 0 bridgehead atoms. The van der Waals surface area contributed by atoms with Gasteiger partial charge in [0.25, 0.3) is 0 Å². The van der Waals surface area contributed by atoms with E-state index in [9.17, 15) is 13.2 Å². The second-order valence-corrected chi connectivity index (χ2v) is 7.13. The van der Waals surface area contributed by atoms with Gasteiger partial charge < -0.3 is 9.88 Å². The molecule has 0 aliphatic carbocycles. The fraction of sp³-hybridized carbons (Fsp3) is 0.333. The van der Waals surface area contributed by atoms with E-state index < -0.39 is 16.1 Å². The van der Waals surface area contributed by atoms with Gasteiger partial charge in [-0.3, -0.25) is 4.79 Å². The monoisotopic (exact) mass is 334 g/mol. The maximum absolute atomic E-state index is 12.2. The molecule has 1 aliphatic heterocycles. The second kappa shape index (κ2) is 6.13. The molecule has 0 spiro atoms. The highest BCUT2D eigenvalue weighted by Gasteiger charge is 2.32. The minimum absolute atomic E-state index is 0.248. The van der Waals surface area contributed by atoms with E-state index in [0.717, 1.165) is 5.82 Å². The molecule has 1 atom stereocenters. The van der Waals surface area contributed by atoms with Crippen LogP contribution in [-0.2, 0) is 27.8 Å². The molecule has 2 N–H and O–H groups in total. The average Bonchev–Trinajstić information content (AvgIpc) is 2.92. The van der Waals surface area contributed by atoms with Crippen LogP contribution in [0.5, 0.6) is 0 Å². The van der Waals surface area contributed by atoms with Gasteiger partial charge in [0.2, 0.25) is 15.9 Å². The lowest BCUT2D eigenvalue weighted by Crippen LogP contribution is -2.51. The summed E-state index contributed by atoms with van der Waals surface area (Å²) in [6.07, 6.45) is 3.88. The summed E-state index contributed by atoms with van der Waals surface area (Å²) in [5.41, 5.74) is 0.664. The Morgan fingerprint density at radius 2 is 2.22 bits per heavy atom. The van der Waals surface area contributed by atoms with Crippen molar-refractivity contribution in [2.75, 3.05) is 6.54 Å². The Labute approximate surface area is 134 Å². The number of nitrogens with one attached hydrogen (secondary N) is 2. The number of aromatic nitrogens is 2. The molecular formula is C15H18N4O3S. The molecule has 1 unspecified atom stereocenters. The Morgan fingerprint density at radius 3 is 2.96 bits per heavy atom. The molecule has 8 heteroatoms. The highest BCUT2D eigenvalue weighted by molar-refractivity contribution is 7.89.